The first-order chi connectivity index (χ1) is 6.27. The van der Waals surface area contributed by atoms with Crippen LogP contribution in [-0.4, -0.2) is 12.6 Å². The van der Waals surface area contributed by atoms with E-state index in [-0.39, 0.29) is 0 Å². The normalized spacial score (nSPS) is 10.5. The first kappa shape index (κ1) is 12.3. The Kier molecular flexibility index (Phi) is 8.82. The summed E-state index contributed by atoms with van der Waals surface area (Å²) in [6, 6.07) is 0.597. The molecule has 0 aliphatic rings. The van der Waals surface area contributed by atoms with E-state index in [0.29, 0.717) is 6.04 Å². The van der Waals surface area contributed by atoms with Crippen LogP contribution in [0.25, 0.3) is 0 Å². The molecule has 0 unspecified atom stereocenters. The summed E-state index contributed by atoms with van der Waals surface area (Å²) in [5.74, 6) is 5.93. The average Bonchev–Trinajstić information content (AvgIpc) is 2.09. The van der Waals surface area contributed by atoms with Crippen LogP contribution in [0.4, 0.5) is 0 Å². The second-order valence-electron chi connectivity index (χ2n) is 3.33. The van der Waals surface area contributed by atoms with Crippen LogP contribution in [0.3, 0.4) is 0 Å². The van der Waals surface area contributed by atoms with Crippen molar-refractivity contribution in [2.45, 2.75) is 46.1 Å². The summed E-state index contributed by atoms with van der Waals surface area (Å²) >= 11 is 0. The van der Waals surface area contributed by atoms with Crippen molar-refractivity contribution in [2.24, 2.45) is 0 Å². The number of hydrogen-bond acceptors (Lipinski definition) is 1. The van der Waals surface area contributed by atoms with Crippen LogP contribution in [0.1, 0.15) is 40.0 Å². The molecule has 0 saturated carbocycles. The third-order valence-corrected chi connectivity index (χ3v) is 1.64. The Morgan fingerprint density at radius 1 is 1.23 bits per heavy atom. The highest BCUT2D eigenvalue weighted by molar-refractivity contribution is 4.97. The first-order valence-corrected chi connectivity index (χ1v) is 5.05. The van der Waals surface area contributed by atoms with Crippen molar-refractivity contribution in [3.8, 4) is 11.8 Å². The number of nitrogens with one attached hydrogen (secondary N) is 1. The largest absolute Gasteiger partial charge is 0.314 e. The van der Waals surface area contributed by atoms with Gasteiger partial charge in [-0.05, 0) is 26.3 Å². The SMILES string of the molecule is CC#CCC/C=C/CCNC(C)C. The summed E-state index contributed by atoms with van der Waals surface area (Å²) in [7, 11) is 0. The predicted octanol–water partition coefficient (Wildman–Crippen LogP) is 2.73. The zero-order valence-electron chi connectivity index (χ0n) is 9.06. The average molecular weight is 179 g/mol. The van der Waals surface area contributed by atoms with Crippen molar-refractivity contribution in [2.75, 3.05) is 6.54 Å². The predicted molar refractivity (Wildman–Crippen MR) is 59.6 cm³/mol. The Labute approximate surface area is 82.6 Å². The lowest BCUT2D eigenvalue weighted by Gasteiger charge is -2.04. The van der Waals surface area contributed by atoms with E-state index >= 15 is 0 Å². The standard InChI is InChI=1S/C12H21N/c1-4-5-6-7-8-9-10-11-13-12(2)3/h8-9,12-13H,6-7,10-11H2,1-3H3/b9-8+. The maximum atomic E-state index is 3.37. The lowest BCUT2D eigenvalue weighted by molar-refractivity contribution is 0.594. The lowest BCUT2D eigenvalue weighted by Crippen LogP contribution is -2.23. The Morgan fingerprint density at radius 3 is 2.54 bits per heavy atom. The van der Waals surface area contributed by atoms with Gasteiger partial charge in [0.05, 0.1) is 0 Å². The van der Waals surface area contributed by atoms with E-state index in [0.717, 1.165) is 25.8 Å². The zero-order chi connectivity index (χ0) is 9.94. The van der Waals surface area contributed by atoms with Gasteiger partial charge in [0.15, 0.2) is 0 Å². The van der Waals surface area contributed by atoms with Crippen molar-refractivity contribution >= 4 is 0 Å². The minimum absolute atomic E-state index is 0.597. The zero-order valence-corrected chi connectivity index (χ0v) is 9.06. The molecule has 0 atom stereocenters. The van der Waals surface area contributed by atoms with E-state index in [2.05, 4.69) is 43.2 Å². The highest BCUT2D eigenvalue weighted by atomic mass is 14.9. The number of allylic oxidation sites excluding steroid dienone is 1. The van der Waals surface area contributed by atoms with Crippen LogP contribution in [0, 0.1) is 11.8 Å². The minimum atomic E-state index is 0.597. The molecule has 0 radical (unpaired) electrons. The van der Waals surface area contributed by atoms with Gasteiger partial charge in [0.25, 0.3) is 0 Å². The van der Waals surface area contributed by atoms with Crippen LogP contribution in [-0.2, 0) is 0 Å². The summed E-state index contributed by atoms with van der Waals surface area (Å²) in [6.07, 6.45) is 7.64. The fraction of sp³-hybridized carbons (Fsp3) is 0.667. The monoisotopic (exact) mass is 179 g/mol. The molecule has 0 saturated heterocycles. The molecule has 1 heteroatoms. The van der Waals surface area contributed by atoms with Crippen LogP contribution in [0.2, 0.25) is 0 Å². The molecule has 0 fully saturated rings. The molecule has 0 aromatic carbocycles. The van der Waals surface area contributed by atoms with Crippen molar-refractivity contribution in [1.29, 1.82) is 0 Å². The lowest BCUT2D eigenvalue weighted by atomic mass is 10.2. The van der Waals surface area contributed by atoms with Gasteiger partial charge < -0.3 is 5.32 Å². The van der Waals surface area contributed by atoms with Gasteiger partial charge in [0.2, 0.25) is 0 Å². The fourth-order valence-corrected chi connectivity index (χ4v) is 0.972. The van der Waals surface area contributed by atoms with Gasteiger partial charge in [-0.15, -0.1) is 11.8 Å². The third kappa shape index (κ3) is 11.3. The molecule has 0 amide bonds. The van der Waals surface area contributed by atoms with E-state index in [1.807, 2.05) is 6.92 Å². The molecule has 0 aliphatic carbocycles. The third-order valence-electron chi connectivity index (χ3n) is 1.64. The highest BCUT2D eigenvalue weighted by Gasteiger charge is 1.87. The molecule has 0 aromatic heterocycles. The van der Waals surface area contributed by atoms with Crippen LogP contribution in [0.5, 0.6) is 0 Å². The Morgan fingerprint density at radius 2 is 1.92 bits per heavy atom. The van der Waals surface area contributed by atoms with Crippen molar-refractivity contribution < 1.29 is 0 Å². The summed E-state index contributed by atoms with van der Waals surface area (Å²) in [5.41, 5.74) is 0. The minimum Gasteiger partial charge on any atom is -0.314 e. The maximum absolute atomic E-state index is 3.37. The van der Waals surface area contributed by atoms with Crippen LogP contribution < -0.4 is 5.32 Å². The topological polar surface area (TPSA) is 12.0 Å². The summed E-state index contributed by atoms with van der Waals surface area (Å²) in [4.78, 5) is 0. The van der Waals surface area contributed by atoms with Gasteiger partial charge in [-0.3, -0.25) is 0 Å². The van der Waals surface area contributed by atoms with Crippen molar-refractivity contribution in [1.82, 2.24) is 5.32 Å². The van der Waals surface area contributed by atoms with Gasteiger partial charge in [0, 0.05) is 12.5 Å². The molecule has 0 spiro atoms. The Hall–Kier alpha value is -0.740. The van der Waals surface area contributed by atoms with Crippen molar-refractivity contribution in [3.63, 3.8) is 0 Å². The first-order valence-electron chi connectivity index (χ1n) is 5.05. The molecule has 0 heterocycles. The molecule has 0 rings (SSSR count). The molecule has 13 heavy (non-hydrogen) atoms. The van der Waals surface area contributed by atoms with Crippen LogP contribution in [0.15, 0.2) is 12.2 Å². The maximum Gasteiger partial charge on any atom is 0.0123 e. The number of hydrogen-bond donors (Lipinski definition) is 1. The summed E-state index contributed by atoms with van der Waals surface area (Å²) < 4.78 is 0. The Balaban J connectivity index is 3.15. The van der Waals surface area contributed by atoms with Gasteiger partial charge in [-0.2, -0.15) is 0 Å². The molecule has 0 aliphatic heterocycles. The number of rotatable bonds is 6. The molecular weight excluding hydrogens is 158 g/mol. The van der Waals surface area contributed by atoms with Gasteiger partial charge in [0.1, 0.15) is 0 Å². The van der Waals surface area contributed by atoms with Gasteiger partial charge >= 0.3 is 0 Å². The fourth-order valence-electron chi connectivity index (χ4n) is 0.972. The van der Waals surface area contributed by atoms with E-state index < -0.39 is 0 Å². The number of unbranched alkanes of at least 4 members (excludes halogenated alkanes) is 1. The molecule has 74 valence electrons. The second-order valence-corrected chi connectivity index (χ2v) is 3.33. The van der Waals surface area contributed by atoms with Gasteiger partial charge in [-0.1, -0.05) is 26.0 Å². The molecule has 1 nitrogen and oxygen atoms in total. The molecular formula is C12H21N. The quantitative estimate of drug-likeness (QED) is 0.375. The molecule has 0 aromatic rings. The second kappa shape index (κ2) is 9.35. The van der Waals surface area contributed by atoms with E-state index in [9.17, 15) is 0 Å². The molecule has 0 bridgehead atoms. The summed E-state index contributed by atoms with van der Waals surface area (Å²) in [5, 5.41) is 3.37. The Bertz CT molecular complexity index is 181. The van der Waals surface area contributed by atoms with E-state index in [4.69, 9.17) is 0 Å². The van der Waals surface area contributed by atoms with E-state index in [1.165, 1.54) is 0 Å². The molecule has 1 N–H and O–H groups in total. The van der Waals surface area contributed by atoms with Crippen LogP contribution >= 0.6 is 0 Å². The van der Waals surface area contributed by atoms with E-state index in [1.54, 1.807) is 0 Å². The summed E-state index contributed by atoms with van der Waals surface area (Å²) in [6.45, 7) is 7.30. The highest BCUT2D eigenvalue weighted by Crippen LogP contribution is 1.91. The van der Waals surface area contributed by atoms with Gasteiger partial charge in [-0.25, -0.2) is 0 Å². The smallest absolute Gasteiger partial charge is 0.0123 e. The van der Waals surface area contributed by atoms with Crippen molar-refractivity contribution in [3.05, 3.63) is 12.2 Å².